The number of ether oxygens (including phenoxy) is 1. The zero-order valence-corrected chi connectivity index (χ0v) is 10.7. The van der Waals surface area contributed by atoms with Crippen LogP contribution in [0.3, 0.4) is 0 Å². The number of hydrogen-bond donors (Lipinski definition) is 1. The van der Waals surface area contributed by atoms with E-state index in [1.165, 1.54) is 23.8 Å². The number of nitrogens with zero attached hydrogens (tertiary/aromatic N) is 1. The highest BCUT2D eigenvalue weighted by Crippen LogP contribution is 2.15. The summed E-state index contributed by atoms with van der Waals surface area (Å²) in [5.41, 5.74) is 0. The van der Waals surface area contributed by atoms with Gasteiger partial charge >= 0.3 is 12.0 Å². The van der Waals surface area contributed by atoms with E-state index in [0.717, 1.165) is 0 Å². The zero-order chi connectivity index (χ0) is 12.8. The number of esters is 1. The molecule has 0 aromatic carbocycles. The van der Waals surface area contributed by atoms with Gasteiger partial charge in [-0.05, 0) is 0 Å². The first-order valence-electron chi connectivity index (χ1n) is 5.31. The Morgan fingerprint density at radius 3 is 2.82 bits per heavy atom. The number of hydrogen-bond acceptors (Lipinski definition) is 5. The molecule has 6 nitrogen and oxygen atoms in total. The molecule has 1 aliphatic rings. The van der Waals surface area contributed by atoms with Gasteiger partial charge in [0.05, 0.1) is 20.1 Å². The highest BCUT2D eigenvalue weighted by molar-refractivity contribution is 7.99. The molecule has 0 bridgehead atoms. The molecular weight excluding hydrogens is 244 g/mol. The largest absolute Gasteiger partial charge is 0.469 e. The minimum Gasteiger partial charge on any atom is -0.469 e. The molecule has 1 fully saturated rings. The Balaban J connectivity index is 2.21. The first-order chi connectivity index (χ1) is 8.04. The van der Waals surface area contributed by atoms with Crippen molar-refractivity contribution in [3.63, 3.8) is 0 Å². The fourth-order valence-corrected chi connectivity index (χ4v) is 2.35. The molecule has 0 aromatic heterocycles. The summed E-state index contributed by atoms with van der Waals surface area (Å²) in [6, 6.07) is -0.337. The van der Waals surface area contributed by atoms with Gasteiger partial charge in [0, 0.05) is 17.5 Å². The van der Waals surface area contributed by atoms with E-state index in [0.29, 0.717) is 18.7 Å². The van der Waals surface area contributed by atoms with Crippen molar-refractivity contribution in [2.45, 2.75) is 18.6 Å². The van der Waals surface area contributed by atoms with E-state index in [-0.39, 0.29) is 29.7 Å². The summed E-state index contributed by atoms with van der Waals surface area (Å²) >= 11 is 1.54. The number of amides is 3. The third kappa shape index (κ3) is 4.26. The van der Waals surface area contributed by atoms with Crippen molar-refractivity contribution in [3.8, 4) is 0 Å². The van der Waals surface area contributed by atoms with Gasteiger partial charge in [-0.15, -0.1) is 0 Å². The van der Waals surface area contributed by atoms with Gasteiger partial charge in [-0.1, -0.05) is 6.92 Å². The lowest BCUT2D eigenvalue weighted by molar-refractivity contribution is -0.140. The van der Waals surface area contributed by atoms with Crippen LogP contribution in [0.5, 0.6) is 0 Å². The van der Waals surface area contributed by atoms with Gasteiger partial charge in [0.15, 0.2) is 0 Å². The molecular formula is C10H16N2O4S. The predicted octanol–water partition coefficient (Wildman–Crippen LogP) is 0.223. The van der Waals surface area contributed by atoms with Gasteiger partial charge in [0.1, 0.15) is 0 Å². The summed E-state index contributed by atoms with van der Waals surface area (Å²) in [6.07, 6.45) is 0.335. The van der Waals surface area contributed by atoms with Gasteiger partial charge in [0.25, 0.3) is 0 Å². The molecule has 7 heteroatoms. The van der Waals surface area contributed by atoms with Crippen molar-refractivity contribution >= 4 is 29.7 Å². The lowest BCUT2D eigenvalue weighted by Gasteiger charge is -2.14. The summed E-state index contributed by atoms with van der Waals surface area (Å²) in [4.78, 5) is 34.6. The maximum absolute atomic E-state index is 11.2. The fourth-order valence-electron chi connectivity index (χ4n) is 1.40. The second kappa shape index (κ2) is 6.48. The summed E-state index contributed by atoms with van der Waals surface area (Å²) < 4.78 is 4.55. The van der Waals surface area contributed by atoms with E-state index in [1.54, 1.807) is 0 Å². The average molecular weight is 260 g/mol. The maximum Gasteiger partial charge on any atom is 0.324 e. The lowest BCUT2D eigenvalue weighted by Crippen LogP contribution is -2.33. The Morgan fingerprint density at radius 2 is 2.29 bits per heavy atom. The van der Waals surface area contributed by atoms with Crippen LogP contribution in [0.2, 0.25) is 0 Å². The standard InChI is InChI=1S/C10H16N2O4S/c1-7(5-9(14)16-2)17-4-3-12-8(13)6-11-10(12)15/h7H,3-6H2,1-2H3,(H,11,15). The number of rotatable bonds is 6. The Kier molecular flexibility index (Phi) is 5.27. The third-order valence-corrected chi connectivity index (χ3v) is 3.49. The minimum absolute atomic E-state index is 0.0845. The van der Waals surface area contributed by atoms with Crippen LogP contribution in [0.15, 0.2) is 0 Å². The van der Waals surface area contributed by atoms with Crippen LogP contribution < -0.4 is 5.32 Å². The van der Waals surface area contributed by atoms with E-state index in [1.807, 2.05) is 6.92 Å². The van der Waals surface area contributed by atoms with Crippen molar-refractivity contribution in [3.05, 3.63) is 0 Å². The maximum atomic E-state index is 11.2. The molecule has 3 amide bonds. The van der Waals surface area contributed by atoms with Crippen LogP contribution in [-0.2, 0) is 14.3 Å². The van der Waals surface area contributed by atoms with Crippen LogP contribution in [-0.4, -0.2) is 54.0 Å². The molecule has 0 aromatic rings. The number of nitrogens with one attached hydrogen (secondary N) is 1. The zero-order valence-electron chi connectivity index (χ0n) is 9.89. The second-order valence-corrected chi connectivity index (χ2v) is 5.21. The number of thioether (sulfide) groups is 1. The first kappa shape index (κ1) is 13.8. The van der Waals surface area contributed by atoms with Crippen LogP contribution in [0.4, 0.5) is 4.79 Å². The molecule has 0 radical (unpaired) electrons. The highest BCUT2D eigenvalue weighted by atomic mass is 32.2. The number of urea groups is 1. The molecule has 0 saturated carbocycles. The van der Waals surface area contributed by atoms with Crippen molar-refractivity contribution < 1.29 is 19.1 Å². The molecule has 1 aliphatic heterocycles. The van der Waals surface area contributed by atoms with Gasteiger partial charge in [-0.3, -0.25) is 14.5 Å². The highest BCUT2D eigenvalue weighted by Gasteiger charge is 2.27. The topological polar surface area (TPSA) is 75.7 Å². The van der Waals surface area contributed by atoms with E-state index in [2.05, 4.69) is 10.1 Å². The Labute approximate surface area is 104 Å². The molecule has 1 N–H and O–H groups in total. The quantitative estimate of drug-likeness (QED) is 0.546. The number of carbonyl (C=O) groups excluding carboxylic acids is 3. The molecule has 17 heavy (non-hydrogen) atoms. The van der Waals surface area contributed by atoms with Gasteiger partial charge in [-0.2, -0.15) is 11.8 Å². The summed E-state index contributed by atoms with van der Waals surface area (Å²) in [5.74, 6) is 0.174. The van der Waals surface area contributed by atoms with E-state index in [4.69, 9.17) is 0 Å². The predicted molar refractivity (Wildman–Crippen MR) is 63.7 cm³/mol. The van der Waals surface area contributed by atoms with Crippen LogP contribution in [0.1, 0.15) is 13.3 Å². The monoisotopic (exact) mass is 260 g/mol. The van der Waals surface area contributed by atoms with Gasteiger partial charge in [0.2, 0.25) is 5.91 Å². The molecule has 0 spiro atoms. The molecule has 1 unspecified atom stereocenters. The van der Waals surface area contributed by atoms with Crippen LogP contribution >= 0.6 is 11.8 Å². The first-order valence-corrected chi connectivity index (χ1v) is 6.36. The molecule has 1 atom stereocenters. The van der Waals surface area contributed by atoms with Gasteiger partial charge < -0.3 is 10.1 Å². The molecule has 1 heterocycles. The normalized spacial score (nSPS) is 16.9. The molecule has 0 aliphatic carbocycles. The molecule has 96 valence electrons. The Morgan fingerprint density at radius 1 is 1.59 bits per heavy atom. The van der Waals surface area contributed by atoms with Crippen LogP contribution in [0, 0.1) is 0 Å². The second-order valence-electron chi connectivity index (χ2n) is 3.67. The summed E-state index contributed by atoms with van der Waals surface area (Å²) in [5, 5.41) is 2.57. The number of imide groups is 1. The number of carbonyl (C=O) groups is 3. The van der Waals surface area contributed by atoms with E-state index >= 15 is 0 Å². The summed E-state index contributed by atoms with van der Waals surface area (Å²) in [6.45, 7) is 2.37. The van der Waals surface area contributed by atoms with E-state index in [9.17, 15) is 14.4 Å². The van der Waals surface area contributed by atoms with Crippen LogP contribution in [0.25, 0.3) is 0 Å². The molecule has 1 rings (SSSR count). The smallest absolute Gasteiger partial charge is 0.324 e. The summed E-state index contributed by atoms with van der Waals surface area (Å²) in [7, 11) is 1.35. The van der Waals surface area contributed by atoms with Gasteiger partial charge in [-0.25, -0.2) is 4.79 Å². The lowest BCUT2D eigenvalue weighted by atomic mass is 10.3. The third-order valence-electron chi connectivity index (χ3n) is 2.34. The van der Waals surface area contributed by atoms with E-state index < -0.39 is 0 Å². The fraction of sp³-hybridized carbons (Fsp3) is 0.700. The van der Waals surface area contributed by atoms with Crippen molar-refractivity contribution in [2.75, 3.05) is 26.0 Å². The van der Waals surface area contributed by atoms with Crippen molar-refractivity contribution in [2.24, 2.45) is 0 Å². The Hall–Kier alpha value is -1.24. The van der Waals surface area contributed by atoms with Crippen molar-refractivity contribution in [1.29, 1.82) is 0 Å². The molecule has 1 saturated heterocycles. The van der Waals surface area contributed by atoms with Crippen molar-refractivity contribution in [1.82, 2.24) is 10.2 Å². The SMILES string of the molecule is COC(=O)CC(C)SCCN1C(=O)CNC1=O. The minimum atomic E-state index is -0.337. The number of methoxy groups -OCH3 is 1. The Bertz CT molecular complexity index is 305. The average Bonchev–Trinajstić information content (AvgIpc) is 2.60.